The second kappa shape index (κ2) is 9.36. The van der Waals surface area contributed by atoms with Crippen molar-refractivity contribution >= 4 is 75.4 Å². The number of hydrogen-bond donors (Lipinski definition) is 0. The third-order valence-electron chi connectivity index (χ3n) is 8.87. The second-order valence-electron chi connectivity index (χ2n) is 11.4. The van der Waals surface area contributed by atoms with Crippen molar-refractivity contribution in [2.24, 2.45) is 0 Å². The standard InChI is InChI=1S/C40H23N3OS/c1-2-10-24(11-3-1)25-18-20-26(21-19-25)37-36-29-13-5-8-16-32(29)44-39(36)42-40(41-37)43-31-15-7-4-12-27(31)28-22-23-34-35(38(28)43)30-14-6-9-17-33(30)45-34/h1-23H. The van der Waals surface area contributed by atoms with E-state index < -0.39 is 0 Å². The first kappa shape index (κ1) is 24.6. The number of aromatic nitrogens is 3. The van der Waals surface area contributed by atoms with Crippen LogP contribution in [-0.2, 0) is 0 Å². The summed E-state index contributed by atoms with van der Waals surface area (Å²) in [6.07, 6.45) is 0. The molecule has 0 fully saturated rings. The molecule has 0 atom stereocenters. The van der Waals surface area contributed by atoms with Crippen LogP contribution in [0.5, 0.6) is 0 Å². The van der Waals surface area contributed by atoms with Crippen LogP contribution in [0.25, 0.3) is 92.4 Å². The maximum Gasteiger partial charge on any atom is 0.238 e. The lowest BCUT2D eigenvalue weighted by molar-refractivity contribution is 0.651. The lowest BCUT2D eigenvalue weighted by Gasteiger charge is -2.11. The van der Waals surface area contributed by atoms with Gasteiger partial charge < -0.3 is 4.42 Å². The lowest BCUT2D eigenvalue weighted by Crippen LogP contribution is -2.03. The summed E-state index contributed by atoms with van der Waals surface area (Å²) in [5, 5.41) is 6.76. The summed E-state index contributed by atoms with van der Waals surface area (Å²) in [5.74, 6) is 0.595. The molecule has 6 aromatic carbocycles. The molecule has 0 aliphatic carbocycles. The quantitative estimate of drug-likeness (QED) is 0.205. The highest BCUT2D eigenvalue weighted by atomic mass is 32.1. The molecular weight excluding hydrogens is 571 g/mol. The predicted molar refractivity (Wildman–Crippen MR) is 187 cm³/mol. The molecule has 10 aromatic rings. The van der Waals surface area contributed by atoms with Gasteiger partial charge in [0.15, 0.2) is 0 Å². The number of hydrogen-bond acceptors (Lipinski definition) is 4. The average Bonchev–Trinajstić information content (AvgIpc) is 3.77. The van der Waals surface area contributed by atoms with E-state index in [0.717, 1.165) is 44.2 Å². The van der Waals surface area contributed by atoms with Gasteiger partial charge in [-0.25, -0.2) is 4.98 Å². The number of nitrogens with zero attached hydrogens (tertiary/aromatic N) is 3. The second-order valence-corrected chi connectivity index (χ2v) is 12.5. The smallest absolute Gasteiger partial charge is 0.238 e. The van der Waals surface area contributed by atoms with Crippen molar-refractivity contribution < 1.29 is 4.42 Å². The van der Waals surface area contributed by atoms with Crippen LogP contribution < -0.4 is 0 Å². The van der Waals surface area contributed by atoms with E-state index in [0.29, 0.717) is 11.7 Å². The van der Waals surface area contributed by atoms with Crippen molar-refractivity contribution in [1.82, 2.24) is 14.5 Å². The van der Waals surface area contributed by atoms with Gasteiger partial charge in [0.1, 0.15) is 5.58 Å². The fourth-order valence-electron chi connectivity index (χ4n) is 6.84. The monoisotopic (exact) mass is 593 g/mol. The van der Waals surface area contributed by atoms with Crippen molar-refractivity contribution in [3.63, 3.8) is 0 Å². The van der Waals surface area contributed by atoms with Crippen LogP contribution in [0.2, 0.25) is 0 Å². The van der Waals surface area contributed by atoms with Crippen molar-refractivity contribution in [2.75, 3.05) is 0 Å². The largest absolute Gasteiger partial charge is 0.437 e. The molecule has 10 rings (SSSR count). The molecule has 0 unspecified atom stereocenters. The maximum atomic E-state index is 6.45. The van der Waals surface area contributed by atoms with Gasteiger partial charge in [0.2, 0.25) is 11.7 Å². The topological polar surface area (TPSA) is 43.9 Å². The summed E-state index contributed by atoms with van der Waals surface area (Å²) in [6, 6.07) is 48.9. The van der Waals surface area contributed by atoms with E-state index in [1.807, 2.05) is 35.6 Å². The molecule has 4 heterocycles. The van der Waals surface area contributed by atoms with Crippen molar-refractivity contribution in [3.05, 3.63) is 140 Å². The molecule has 0 spiro atoms. The Morgan fingerprint density at radius 3 is 2.04 bits per heavy atom. The normalized spacial score (nSPS) is 12.0. The van der Waals surface area contributed by atoms with Crippen LogP contribution in [0, 0.1) is 0 Å². The van der Waals surface area contributed by atoms with Gasteiger partial charge in [0.05, 0.1) is 22.1 Å². The van der Waals surface area contributed by atoms with Gasteiger partial charge in [-0.05, 0) is 35.4 Å². The fourth-order valence-corrected chi connectivity index (χ4v) is 7.95. The molecule has 0 bridgehead atoms. The summed E-state index contributed by atoms with van der Waals surface area (Å²) in [4.78, 5) is 10.6. The van der Waals surface area contributed by atoms with Crippen LogP contribution in [0.15, 0.2) is 144 Å². The molecule has 0 aliphatic rings. The number of fused-ring (bicyclic) bond motifs is 10. The van der Waals surface area contributed by atoms with Crippen molar-refractivity contribution in [3.8, 4) is 28.3 Å². The Bertz CT molecular complexity index is 2750. The highest BCUT2D eigenvalue weighted by Gasteiger charge is 2.23. The van der Waals surface area contributed by atoms with E-state index >= 15 is 0 Å². The van der Waals surface area contributed by atoms with Gasteiger partial charge in [0, 0.05) is 41.9 Å². The Labute approximate surface area is 261 Å². The van der Waals surface area contributed by atoms with Gasteiger partial charge in [-0.3, -0.25) is 4.57 Å². The first-order valence-corrected chi connectivity index (χ1v) is 15.8. The van der Waals surface area contributed by atoms with E-state index in [1.165, 1.54) is 36.5 Å². The minimum Gasteiger partial charge on any atom is -0.437 e. The summed E-state index contributed by atoms with van der Waals surface area (Å²) in [7, 11) is 0. The van der Waals surface area contributed by atoms with Gasteiger partial charge in [-0.2, -0.15) is 4.98 Å². The Morgan fingerprint density at radius 2 is 1.18 bits per heavy atom. The molecule has 45 heavy (non-hydrogen) atoms. The fraction of sp³-hybridized carbons (Fsp3) is 0. The minimum absolute atomic E-state index is 0.580. The van der Waals surface area contributed by atoms with E-state index in [4.69, 9.17) is 14.4 Å². The van der Waals surface area contributed by atoms with E-state index in [2.05, 4.69) is 120 Å². The SMILES string of the molecule is c1ccc(-c2ccc(-c3nc(-n4c5ccccc5c5ccc6sc7ccccc7c6c54)nc4oc5ccccc5c34)cc2)cc1. The number of para-hydroxylation sites is 2. The Kier molecular flexibility index (Phi) is 5.12. The van der Waals surface area contributed by atoms with E-state index in [-0.39, 0.29) is 0 Å². The van der Waals surface area contributed by atoms with Crippen molar-refractivity contribution in [1.29, 1.82) is 0 Å². The molecule has 0 saturated heterocycles. The Hall–Kier alpha value is -5.78. The lowest BCUT2D eigenvalue weighted by atomic mass is 10.0. The van der Waals surface area contributed by atoms with Gasteiger partial charge in [0.25, 0.3) is 0 Å². The molecule has 4 nitrogen and oxygen atoms in total. The molecule has 4 aromatic heterocycles. The molecule has 0 aliphatic heterocycles. The van der Waals surface area contributed by atoms with Crippen LogP contribution in [-0.4, -0.2) is 14.5 Å². The molecule has 0 saturated carbocycles. The third kappa shape index (κ3) is 3.59. The zero-order valence-corrected chi connectivity index (χ0v) is 24.8. The van der Waals surface area contributed by atoms with Gasteiger partial charge in [-0.15, -0.1) is 11.3 Å². The van der Waals surface area contributed by atoms with Crippen LogP contribution in [0.4, 0.5) is 0 Å². The predicted octanol–water partition coefficient (Wildman–Crippen LogP) is 11.2. The number of benzene rings is 6. The molecule has 0 amide bonds. The summed E-state index contributed by atoms with van der Waals surface area (Å²) in [6.45, 7) is 0. The number of thiophene rings is 1. The number of rotatable bonds is 3. The Morgan fingerprint density at radius 1 is 0.489 bits per heavy atom. The average molecular weight is 594 g/mol. The highest BCUT2D eigenvalue weighted by Crippen LogP contribution is 2.43. The molecule has 0 radical (unpaired) electrons. The third-order valence-corrected chi connectivity index (χ3v) is 10.0. The molecular formula is C40H23N3OS. The van der Waals surface area contributed by atoms with Gasteiger partial charge in [-0.1, -0.05) is 115 Å². The van der Waals surface area contributed by atoms with Crippen molar-refractivity contribution in [2.45, 2.75) is 0 Å². The first-order chi connectivity index (χ1) is 22.3. The van der Waals surface area contributed by atoms with E-state index in [9.17, 15) is 0 Å². The summed E-state index contributed by atoms with van der Waals surface area (Å²) < 4.78 is 11.2. The number of furan rings is 1. The van der Waals surface area contributed by atoms with Gasteiger partial charge >= 0.3 is 0 Å². The summed E-state index contributed by atoms with van der Waals surface area (Å²) >= 11 is 1.82. The molecule has 5 heteroatoms. The first-order valence-electron chi connectivity index (χ1n) is 15.0. The van der Waals surface area contributed by atoms with Crippen LogP contribution >= 0.6 is 11.3 Å². The zero-order valence-electron chi connectivity index (χ0n) is 23.9. The van der Waals surface area contributed by atoms with Crippen LogP contribution in [0.1, 0.15) is 0 Å². The summed E-state index contributed by atoms with van der Waals surface area (Å²) in [5.41, 5.74) is 7.78. The minimum atomic E-state index is 0.580. The highest BCUT2D eigenvalue weighted by molar-refractivity contribution is 7.26. The van der Waals surface area contributed by atoms with Crippen LogP contribution in [0.3, 0.4) is 0 Å². The molecule has 210 valence electrons. The zero-order chi connectivity index (χ0) is 29.5. The maximum absolute atomic E-state index is 6.45. The molecule has 0 N–H and O–H groups in total. The Balaban J connectivity index is 1.32. The van der Waals surface area contributed by atoms with E-state index in [1.54, 1.807) is 0 Å².